The topological polar surface area (TPSA) is 80.6 Å². The first kappa shape index (κ1) is 11.4. The average Bonchev–Trinajstić information content (AvgIpc) is 2.84. The third-order valence-electron chi connectivity index (χ3n) is 2.95. The summed E-state index contributed by atoms with van der Waals surface area (Å²) in [5.74, 6) is 0.695. The lowest BCUT2D eigenvalue weighted by Gasteiger charge is -2.08. The van der Waals surface area contributed by atoms with E-state index in [0.29, 0.717) is 11.4 Å². The van der Waals surface area contributed by atoms with E-state index in [2.05, 4.69) is 10.1 Å². The molecule has 0 amide bonds. The molecular formula is C14H13N5. The highest BCUT2D eigenvalue weighted by Gasteiger charge is 2.09. The summed E-state index contributed by atoms with van der Waals surface area (Å²) in [5.41, 5.74) is 8.05. The van der Waals surface area contributed by atoms with Crippen LogP contribution >= 0.6 is 0 Å². The Morgan fingerprint density at radius 3 is 2.74 bits per heavy atom. The Bertz CT molecular complexity index is 772. The largest absolute Gasteiger partial charge is 0.384 e. The van der Waals surface area contributed by atoms with Gasteiger partial charge < -0.3 is 5.73 Å². The zero-order valence-corrected chi connectivity index (χ0v) is 10.5. The number of nitrogens with two attached hydrogens (primary N) is 1. The minimum absolute atomic E-state index is 0.0312. The van der Waals surface area contributed by atoms with E-state index in [1.807, 2.05) is 43.5 Å². The van der Waals surface area contributed by atoms with Gasteiger partial charge in [-0.3, -0.25) is 5.41 Å². The van der Waals surface area contributed by atoms with Crippen molar-refractivity contribution in [3.8, 4) is 5.82 Å². The van der Waals surface area contributed by atoms with Crippen LogP contribution in [0.25, 0.3) is 16.7 Å². The van der Waals surface area contributed by atoms with Gasteiger partial charge in [0.1, 0.15) is 5.84 Å². The smallest absolute Gasteiger partial charge is 0.154 e. The van der Waals surface area contributed by atoms with E-state index in [0.717, 1.165) is 16.6 Å². The molecule has 0 radical (unpaired) electrons. The van der Waals surface area contributed by atoms with Crippen LogP contribution in [0.5, 0.6) is 0 Å². The number of benzene rings is 1. The summed E-state index contributed by atoms with van der Waals surface area (Å²) >= 11 is 0. The minimum atomic E-state index is 0.0312. The predicted molar refractivity (Wildman–Crippen MR) is 74.6 cm³/mol. The summed E-state index contributed by atoms with van der Waals surface area (Å²) in [5, 5.41) is 12.9. The predicted octanol–water partition coefficient (Wildman–Crippen LogP) is 2.01. The van der Waals surface area contributed by atoms with Crippen LogP contribution in [-0.4, -0.2) is 20.6 Å². The van der Waals surface area contributed by atoms with Crippen LogP contribution in [0.4, 0.5) is 0 Å². The lowest BCUT2D eigenvalue weighted by atomic mass is 10.1. The summed E-state index contributed by atoms with van der Waals surface area (Å²) in [6, 6.07) is 11.3. The van der Waals surface area contributed by atoms with Crippen molar-refractivity contribution in [2.24, 2.45) is 5.73 Å². The van der Waals surface area contributed by atoms with Crippen molar-refractivity contribution in [3.63, 3.8) is 0 Å². The zero-order chi connectivity index (χ0) is 13.4. The van der Waals surface area contributed by atoms with Crippen LogP contribution in [0.3, 0.4) is 0 Å². The van der Waals surface area contributed by atoms with Crippen molar-refractivity contribution in [1.82, 2.24) is 14.8 Å². The molecule has 3 rings (SSSR count). The Kier molecular flexibility index (Phi) is 2.52. The Balaban J connectivity index is 2.30. The van der Waals surface area contributed by atoms with Crippen molar-refractivity contribution in [2.75, 3.05) is 0 Å². The quantitative estimate of drug-likeness (QED) is 0.540. The molecule has 0 aliphatic carbocycles. The number of aryl methyl sites for hydroxylation is 1. The molecule has 2 aromatic heterocycles. The Morgan fingerprint density at radius 2 is 2.05 bits per heavy atom. The molecule has 0 spiro atoms. The van der Waals surface area contributed by atoms with Crippen LogP contribution in [0.1, 0.15) is 11.3 Å². The van der Waals surface area contributed by atoms with Gasteiger partial charge in [-0.1, -0.05) is 18.2 Å². The second kappa shape index (κ2) is 4.20. The SMILES string of the molecule is Cc1ccn(-c2cc(C(=N)N)c3ccccc3n2)n1. The third kappa shape index (κ3) is 1.95. The maximum atomic E-state index is 7.70. The van der Waals surface area contributed by atoms with Gasteiger partial charge in [0.2, 0.25) is 0 Å². The summed E-state index contributed by atoms with van der Waals surface area (Å²) < 4.78 is 1.69. The molecule has 0 aliphatic rings. The van der Waals surface area contributed by atoms with E-state index in [4.69, 9.17) is 11.1 Å². The van der Waals surface area contributed by atoms with Gasteiger partial charge in [-0.05, 0) is 25.1 Å². The van der Waals surface area contributed by atoms with Crippen molar-refractivity contribution >= 4 is 16.7 Å². The molecule has 0 unspecified atom stereocenters. The number of nitrogens with zero attached hydrogens (tertiary/aromatic N) is 3. The van der Waals surface area contributed by atoms with Crippen molar-refractivity contribution in [1.29, 1.82) is 5.41 Å². The van der Waals surface area contributed by atoms with Crippen molar-refractivity contribution in [3.05, 3.63) is 53.9 Å². The highest BCUT2D eigenvalue weighted by molar-refractivity contribution is 6.07. The number of pyridine rings is 1. The third-order valence-corrected chi connectivity index (χ3v) is 2.95. The maximum Gasteiger partial charge on any atom is 0.154 e. The van der Waals surface area contributed by atoms with Gasteiger partial charge in [-0.25, -0.2) is 9.67 Å². The number of hydrogen-bond donors (Lipinski definition) is 2. The number of fused-ring (bicyclic) bond motifs is 1. The molecule has 5 nitrogen and oxygen atoms in total. The van der Waals surface area contributed by atoms with Gasteiger partial charge >= 0.3 is 0 Å². The van der Waals surface area contributed by atoms with Crippen molar-refractivity contribution in [2.45, 2.75) is 6.92 Å². The van der Waals surface area contributed by atoms with Gasteiger partial charge in [-0.15, -0.1) is 0 Å². The standard InChI is InChI=1S/C14H13N5/c1-9-6-7-19(18-9)13-8-11(14(15)16)10-4-2-3-5-12(10)17-13/h2-8H,1H3,(H3,15,16). The van der Waals surface area contributed by atoms with E-state index in [-0.39, 0.29) is 5.84 Å². The normalized spacial score (nSPS) is 10.8. The number of nitrogen functional groups attached to an aromatic ring is 1. The van der Waals surface area contributed by atoms with Gasteiger partial charge in [0, 0.05) is 17.1 Å². The number of para-hydroxylation sites is 1. The molecule has 3 aromatic rings. The molecule has 0 saturated heterocycles. The zero-order valence-electron chi connectivity index (χ0n) is 10.5. The van der Waals surface area contributed by atoms with Gasteiger partial charge in [-0.2, -0.15) is 5.10 Å². The lowest BCUT2D eigenvalue weighted by Crippen LogP contribution is -2.13. The molecule has 3 N–H and O–H groups in total. The first-order chi connectivity index (χ1) is 9.15. The Hall–Kier alpha value is -2.69. The summed E-state index contributed by atoms with van der Waals surface area (Å²) in [4.78, 5) is 4.55. The maximum absolute atomic E-state index is 7.70. The second-order valence-corrected chi connectivity index (χ2v) is 4.36. The van der Waals surface area contributed by atoms with Gasteiger partial charge in [0.05, 0.1) is 11.2 Å². The molecule has 0 atom stereocenters. The summed E-state index contributed by atoms with van der Waals surface area (Å²) in [6.45, 7) is 1.92. The first-order valence-corrected chi connectivity index (χ1v) is 5.92. The highest BCUT2D eigenvalue weighted by atomic mass is 15.3. The summed E-state index contributed by atoms with van der Waals surface area (Å²) in [6.07, 6.45) is 1.84. The van der Waals surface area contributed by atoms with Crippen LogP contribution in [0.15, 0.2) is 42.6 Å². The fraction of sp³-hybridized carbons (Fsp3) is 0.0714. The molecule has 94 valence electrons. The van der Waals surface area contributed by atoms with E-state index >= 15 is 0 Å². The molecule has 5 heteroatoms. The molecule has 19 heavy (non-hydrogen) atoms. The summed E-state index contributed by atoms with van der Waals surface area (Å²) in [7, 11) is 0. The monoisotopic (exact) mass is 251 g/mol. The van der Waals surface area contributed by atoms with Crippen LogP contribution in [0, 0.1) is 12.3 Å². The highest BCUT2D eigenvalue weighted by Crippen LogP contribution is 2.19. The lowest BCUT2D eigenvalue weighted by molar-refractivity contribution is 0.837. The molecule has 2 heterocycles. The molecule has 0 saturated carbocycles. The van der Waals surface area contributed by atoms with Crippen molar-refractivity contribution < 1.29 is 0 Å². The fourth-order valence-corrected chi connectivity index (χ4v) is 2.04. The van der Waals surface area contributed by atoms with E-state index in [9.17, 15) is 0 Å². The Morgan fingerprint density at radius 1 is 1.26 bits per heavy atom. The molecule has 0 aliphatic heterocycles. The number of nitrogens with one attached hydrogen (secondary N) is 1. The van der Waals surface area contributed by atoms with E-state index in [1.165, 1.54) is 0 Å². The molecule has 1 aromatic carbocycles. The first-order valence-electron chi connectivity index (χ1n) is 5.92. The minimum Gasteiger partial charge on any atom is -0.384 e. The number of hydrogen-bond acceptors (Lipinski definition) is 3. The van der Waals surface area contributed by atoms with Crippen LogP contribution in [-0.2, 0) is 0 Å². The number of rotatable bonds is 2. The van der Waals surface area contributed by atoms with Gasteiger partial charge in [0.15, 0.2) is 5.82 Å². The Labute approximate surface area is 110 Å². The molecule has 0 fully saturated rings. The molecular weight excluding hydrogens is 238 g/mol. The van der Waals surface area contributed by atoms with Gasteiger partial charge in [0.25, 0.3) is 0 Å². The number of amidine groups is 1. The van der Waals surface area contributed by atoms with Crippen LogP contribution < -0.4 is 5.73 Å². The second-order valence-electron chi connectivity index (χ2n) is 4.36. The van der Waals surface area contributed by atoms with Crippen LogP contribution in [0.2, 0.25) is 0 Å². The van der Waals surface area contributed by atoms with E-state index in [1.54, 1.807) is 10.7 Å². The average molecular weight is 251 g/mol. The fourth-order valence-electron chi connectivity index (χ4n) is 2.04. The van der Waals surface area contributed by atoms with E-state index < -0.39 is 0 Å². The molecule has 0 bridgehead atoms. The number of aromatic nitrogens is 3.